The second-order valence-corrected chi connectivity index (χ2v) is 5.22. The van der Waals surface area contributed by atoms with E-state index in [2.05, 4.69) is 10.1 Å². The molecule has 0 radical (unpaired) electrons. The number of hydrogen-bond acceptors (Lipinski definition) is 7. The zero-order valence-corrected chi connectivity index (χ0v) is 14.3. The summed E-state index contributed by atoms with van der Waals surface area (Å²) in [4.78, 5) is 15.4. The Kier molecular flexibility index (Phi) is 4.74. The van der Waals surface area contributed by atoms with Crippen LogP contribution in [0.2, 0.25) is 0 Å². The highest BCUT2D eigenvalue weighted by Gasteiger charge is 2.18. The van der Waals surface area contributed by atoms with Crippen LogP contribution in [-0.2, 0) is 0 Å². The highest BCUT2D eigenvalue weighted by molar-refractivity contribution is 5.89. The van der Waals surface area contributed by atoms with Gasteiger partial charge in [0.2, 0.25) is 11.6 Å². The lowest BCUT2D eigenvalue weighted by Gasteiger charge is -2.12. The zero-order chi connectivity index (χ0) is 18.7. The molecule has 0 saturated carbocycles. The van der Waals surface area contributed by atoms with Crippen molar-refractivity contribution in [2.75, 3.05) is 21.3 Å². The van der Waals surface area contributed by atoms with Crippen LogP contribution in [0.15, 0.2) is 40.9 Å². The standard InChI is InChI=1S/C18H16N2O6/c1-23-13-8-12(9-14(24-2)15(13)25-3)17-19-16(20-26-17)10-5-4-6-11(7-10)18(21)22/h4-9H,1-3H3,(H,21,22). The molecule has 2 aromatic carbocycles. The summed E-state index contributed by atoms with van der Waals surface area (Å²) in [6.07, 6.45) is 0. The Balaban J connectivity index is 2.02. The van der Waals surface area contributed by atoms with E-state index in [-0.39, 0.29) is 17.3 Å². The third-order valence-electron chi connectivity index (χ3n) is 3.71. The van der Waals surface area contributed by atoms with Crippen molar-refractivity contribution in [3.05, 3.63) is 42.0 Å². The van der Waals surface area contributed by atoms with Crippen molar-refractivity contribution in [2.45, 2.75) is 0 Å². The molecule has 0 atom stereocenters. The average molecular weight is 356 g/mol. The Morgan fingerprint density at radius 1 is 1.00 bits per heavy atom. The van der Waals surface area contributed by atoms with E-state index in [1.165, 1.54) is 33.5 Å². The smallest absolute Gasteiger partial charge is 0.335 e. The molecule has 0 spiro atoms. The summed E-state index contributed by atoms with van der Waals surface area (Å²) in [5.41, 5.74) is 1.25. The molecule has 8 heteroatoms. The molecule has 26 heavy (non-hydrogen) atoms. The Morgan fingerprint density at radius 2 is 1.69 bits per heavy atom. The van der Waals surface area contributed by atoms with Crippen molar-refractivity contribution in [2.24, 2.45) is 0 Å². The van der Waals surface area contributed by atoms with Crippen LogP contribution < -0.4 is 14.2 Å². The molecular formula is C18H16N2O6. The van der Waals surface area contributed by atoms with Crippen molar-refractivity contribution in [1.82, 2.24) is 10.1 Å². The molecule has 0 fully saturated rings. The number of carboxylic acids is 1. The first-order valence-corrected chi connectivity index (χ1v) is 7.55. The van der Waals surface area contributed by atoms with Crippen molar-refractivity contribution < 1.29 is 28.6 Å². The van der Waals surface area contributed by atoms with E-state index in [1.807, 2.05) is 0 Å². The molecule has 3 rings (SSSR count). The summed E-state index contributed by atoms with van der Waals surface area (Å²) in [6, 6.07) is 9.67. The van der Waals surface area contributed by atoms with Crippen LogP contribution in [0.4, 0.5) is 0 Å². The zero-order valence-electron chi connectivity index (χ0n) is 14.3. The van der Waals surface area contributed by atoms with Gasteiger partial charge in [0, 0.05) is 11.1 Å². The molecule has 3 aromatic rings. The fraction of sp³-hybridized carbons (Fsp3) is 0.167. The number of carboxylic acid groups (broad SMARTS) is 1. The van der Waals surface area contributed by atoms with Gasteiger partial charge in [-0.05, 0) is 24.3 Å². The molecule has 0 aliphatic rings. The lowest BCUT2D eigenvalue weighted by Crippen LogP contribution is -1.96. The lowest BCUT2D eigenvalue weighted by molar-refractivity contribution is 0.0697. The summed E-state index contributed by atoms with van der Waals surface area (Å²) in [5.74, 6) is 0.841. The number of benzene rings is 2. The first-order chi connectivity index (χ1) is 12.6. The number of carbonyl (C=O) groups is 1. The lowest BCUT2D eigenvalue weighted by atomic mass is 10.1. The van der Waals surface area contributed by atoms with Crippen LogP contribution >= 0.6 is 0 Å². The number of rotatable bonds is 6. The van der Waals surface area contributed by atoms with Crippen LogP contribution in [0.3, 0.4) is 0 Å². The molecule has 1 aromatic heterocycles. The summed E-state index contributed by atoms with van der Waals surface area (Å²) < 4.78 is 21.2. The van der Waals surface area contributed by atoms with Gasteiger partial charge in [0.25, 0.3) is 5.89 Å². The largest absolute Gasteiger partial charge is 0.493 e. The van der Waals surface area contributed by atoms with Crippen LogP contribution in [0.5, 0.6) is 17.2 Å². The van der Waals surface area contributed by atoms with Gasteiger partial charge in [-0.25, -0.2) is 4.79 Å². The van der Waals surface area contributed by atoms with Crippen molar-refractivity contribution >= 4 is 5.97 Å². The third-order valence-corrected chi connectivity index (χ3v) is 3.71. The van der Waals surface area contributed by atoms with Gasteiger partial charge in [-0.2, -0.15) is 4.98 Å². The number of ether oxygens (including phenoxy) is 3. The number of aromatic carboxylic acids is 1. The van der Waals surface area contributed by atoms with E-state index < -0.39 is 5.97 Å². The molecule has 0 aliphatic heterocycles. The van der Waals surface area contributed by atoms with Gasteiger partial charge in [0.1, 0.15) is 0 Å². The predicted molar refractivity (Wildman–Crippen MR) is 91.8 cm³/mol. The molecule has 134 valence electrons. The van der Waals surface area contributed by atoms with Crippen LogP contribution in [0, 0.1) is 0 Å². The third kappa shape index (κ3) is 3.16. The topological polar surface area (TPSA) is 104 Å². The van der Waals surface area contributed by atoms with E-state index in [0.29, 0.717) is 28.4 Å². The summed E-state index contributed by atoms with van der Waals surface area (Å²) in [6.45, 7) is 0. The Labute approximate surface area is 148 Å². The Hall–Kier alpha value is -3.55. The van der Waals surface area contributed by atoms with Crippen LogP contribution in [0.25, 0.3) is 22.8 Å². The maximum absolute atomic E-state index is 11.1. The molecule has 0 saturated heterocycles. The van der Waals surface area contributed by atoms with Gasteiger partial charge in [0.15, 0.2) is 11.5 Å². The monoisotopic (exact) mass is 356 g/mol. The van der Waals surface area contributed by atoms with E-state index in [4.69, 9.17) is 23.8 Å². The average Bonchev–Trinajstić information content (AvgIpc) is 3.17. The van der Waals surface area contributed by atoms with Gasteiger partial charge in [0.05, 0.1) is 26.9 Å². The number of nitrogens with zero attached hydrogens (tertiary/aromatic N) is 2. The second-order valence-electron chi connectivity index (χ2n) is 5.22. The quantitative estimate of drug-likeness (QED) is 0.718. The Bertz CT molecular complexity index is 925. The Morgan fingerprint density at radius 3 is 2.27 bits per heavy atom. The highest BCUT2D eigenvalue weighted by Crippen LogP contribution is 2.41. The number of aromatic nitrogens is 2. The van der Waals surface area contributed by atoms with E-state index >= 15 is 0 Å². The van der Waals surface area contributed by atoms with Crippen LogP contribution in [0.1, 0.15) is 10.4 Å². The summed E-state index contributed by atoms with van der Waals surface area (Å²) in [7, 11) is 4.54. The fourth-order valence-electron chi connectivity index (χ4n) is 2.45. The SMILES string of the molecule is COc1cc(-c2nc(-c3cccc(C(=O)O)c3)no2)cc(OC)c1OC. The maximum Gasteiger partial charge on any atom is 0.335 e. The van der Waals surface area contributed by atoms with Gasteiger partial charge < -0.3 is 23.8 Å². The van der Waals surface area contributed by atoms with Crippen molar-refractivity contribution in [3.8, 4) is 40.1 Å². The number of methoxy groups -OCH3 is 3. The maximum atomic E-state index is 11.1. The summed E-state index contributed by atoms with van der Waals surface area (Å²) >= 11 is 0. The first-order valence-electron chi connectivity index (χ1n) is 7.55. The molecule has 1 heterocycles. The molecule has 1 N–H and O–H groups in total. The van der Waals surface area contributed by atoms with E-state index in [0.717, 1.165) is 0 Å². The minimum Gasteiger partial charge on any atom is -0.493 e. The van der Waals surface area contributed by atoms with Gasteiger partial charge in [-0.15, -0.1) is 0 Å². The molecule has 0 aliphatic carbocycles. The van der Waals surface area contributed by atoms with Gasteiger partial charge >= 0.3 is 5.97 Å². The summed E-state index contributed by atoms with van der Waals surface area (Å²) in [5, 5.41) is 13.0. The molecule has 8 nitrogen and oxygen atoms in total. The van der Waals surface area contributed by atoms with Gasteiger partial charge in [-0.1, -0.05) is 17.3 Å². The van der Waals surface area contributed by atoms with Crippen molar-refractivity contribution in [1.29, 1.82) is 0 Å². The minimum absolute atomic E-state index is 0.140. The molecule has 0 amide bonds. The fourth-order valence-corrected chi connectivity index (χ4v) is 2.45. The first kappa shape index (κ1) is 17.3. The minimum atomic E-state index is -1.03. The van der Waals surface area contributed by atoms with Crippen LogP contribution in [-0.4, -0.2) is 42.5 Å². The normalized spacial score (nSPS) is 10.4. The second kappa shape index (κ2) is 7.14. The molecular weight excluding hydrogens is 340 g/mol. The number of hydrogen-bond donors (Lipinski definition) is 1. The van der Waals surface area contributed by atoms with E-state index in [9.17, 15) is 4.79 Å². The molecule has 0 bridgehead atoms. The molecule has 0 unspecified atom stereocenters. The van der Waals surface area contributed by atoms with Gasteiger partial charge in [-0.3, -0.25) is 0 Å². The highest BCUT2D eigenvalue weighted by atomic mass is 16.5. The predicted octanol–water partition coefficient (Wildman–Crippen LogP) is 3.13. The van der Waals surface area contributed by atoms with Crippen molar-refractivity contribution in [3.63, 3.8) is 0 Å². The van der Waals surface area contributed by atoms with E-state index in [1.54, 1.807) is 24.3 Å².